The van der Waals surface area contributed by atoms with Gasteiger partial charge in [0.2, 0.25) is 6.79 Å². The summed E-state index contributed by atoms with van der Waals surface area (Å²) in [6, 6.07) is 12.5. The maximum atomic E-state index is 12.2. The van der Waals surface area contributed by atoms with Crippen LogP contribution < -0.4 is 19.6 Å². The number of aromatic amines is 1. The quantitative estimate of drug-likeness (QED) is 0.536. The number of hydrogen-bond donors (Lipinski definition) is 2. The van der Waals surface area contributed by atoms with Gasteiger partial charge in [-0.1, -0.05) is 0 Å². The predicted molar refractivity (Wildman–Crippen MR) is 98.2 cm³/mol. The van der Waals surface area contributed by atoms with E-state index in [1.54, 1.807) is 31.5 Å². The number of nitrogens with zero attached hydrogens (tertiary/aromatic N) is 2. The zero-order valence-electron chi connectivity index (χ0n) is 14.4. The molecular weight excluding hydrogens is 348 g/mol. The Morgan fingerprint density at radius 3 is 2.85 bits per heavy atom. The van der Waals surface area contributed by atoms with Gasteiger partial charge in [0.15, 0.2) is 11.5 Å². The number of benzene rings is 2. The summed E-state index contributed by atoms with van der Waals surface area (Å²) in [5.74, 6) is 1.59. The highest BCUT2D eigenvalue weighted by Crippen LogP contribution is 2.32. The third-order valence-corrected chi connectivity index (χ3v) is 4.05. The van der Waals surface area contributed by atoms with E-state index in [2.05, 4.69) is 20.7 Å². The van der Waals surface area contributed by atoms with Crippen molar-refractivity contribution in [3.63, 3.8) is 0 Å². The molecule has 2 aromatic carbocycles. The Morgan fingerprint density at radius 1 is 1.22 bits per heavy atom. The number of H-pyrrole nitrogens is 1. The molecular formula is C19H16N4O4. The van der Waals surface area contributed by atoms with Crippen LogP contribution in [0.3, 0.4) is 0 Å². The van der Waals surface area contributed by atoms with E-state index in [0.717, 1.165) is 22.6 Å². The van der Waals surface area contributed by atoms with E-state index in [4.69, 9.17) is 14.2 Å². The molecule has 1 aliphatic heterocycles. The summed E-state index contributed by atoms with van der Waals surface area (Å²) in [6.45, 7) is 0.160. The fraction of sp³-hybridized carbons (Fsp3) is 0.105. The minimum absolute atomic E-state index is 0.160. The van der Waals surface area contributed by atoms with Crippen molar-refractivity contribution in [3.8, 4) is 28.5 Å². The largest absolute Gasteiger partial charge is 0.497 e. The molecule has 2 heterocycles. The summed E-state index contributed by atoms with van der Waals surface area (Å²) >= 11 is 0. The van der Waals surface area contributed by atoms with Gasteiger partial charge >= 0.3 is 0 Å². The van der Waals surface area contributed by atoms with Gasteiger partial charge in [0.25, 0.3) is 5.91 Å². The zero-order chi connectivity index (χ0) is 18.6. The molecule has 3 aromatic rings. The molecule has 0 bridgehead atoms. The number of rotatable bonds is 5. The van der Waals surface area contributed by atoms with Crippen LogP contribution in [0, 0.1) is 0 Å². The smallest absolute Gasteiger partial charge is 0.271 e. The maximum absolute atomic E-state index is 12.2. The van der Waals surface area contributed by atoms with Gasteiger partial charge in [-0.15, -0.1) is 0 Å². The van der Waals surface area contributed by atoms with Gasteiger partial charge in [-0.2, -0.15) is 10.2 Å². The number of nitrogens with one attached hydrogen (secondary N) is 2. The second-order valence-electron chi connectivity index (χ2n) is 5.70. The molecule has 0 saturated heterocycles. The number of fused-ring (bicyclic) bond motifs is 1. The predicted octanol–water partition coefficient (Wildman–Crippen LogP) is 2.58. The SMILES string of the molecule is COc1ccc(-c2[nH]ncc2/C=N/NC(=O)c2ccc3c(c2)OCO3)cc1. The number of hydrogen-bond acceptors (Lipinski definition) is 6. The summed E-state index contributed by atoms with van der Waals surface area (Å²) in [4.78, 5) is 12.2. The lowest BCUT2D eigenvalue weighted by Gasteiger charge is -2.03. The Kier molecular flexibility index (Phi) is 4.44. The Hall–Kier alpha value is -3.81. The first-order chi connectivity index (χ1) is 13.2. The molecule has 1 aromatic heterocycles. The molecule has 0 fully saturated rings. The van der Waals surface area contributed by atoms with Crippen LogP contribution in [0.4, 0.5) is 0 Å². The van der Waals surface area contributed by atoms with E-state index in [0.29, 0.717) is 17.1 Å². The van der Waals surface area contributed by atoms with Crippen LogP contribution in [0.2, 0.25) is 0 Å². The average molecular weight is 364 g/mol. The first-order valence-electron chi connectivity index (χ1n) is 8.15. The van der Waals surface area contributed by atoms with Gasteiger partial charge in [-0.05, 0) is 42.5 Å². The molecule has 4 rings (SSSR count). The van der Waals surface area contributed by atoms with Crippen LogP contribution in [-0.2, 0) is 0 Å². The molecule has 8 heteroatoms. The van der Waals surface area contributed by atoms with Crippen molar-refractivity contribution in [3.05, 3.63) is 59.8 Å². The number of hydrazone groups is 1. The summed E-state index contributed by atoms with van der Waals surface area (Å²) in [5, 5.41) is 11.0. The van der Waals surface area contributed by atoms with Crippen LogP contribution >= 0.6 is 0 Å². The van der Waals surface area contributed by atoms with Crippen molar-refractivity contribution >= 4 is 12.1 Å². The van der Waals surface area contributed by atoms with Gasteiger partial charge in [0.05, 0.1) is 25.2 Å². The van der Waals surface area contributed by atoms with Crippen molar-refractivity contribution in [2.75, 3.05) is 13.9 Å². The highest BCUT2D eigenvalue weighted by Gasteiger charge is 2.16. The standard InChI is InChI=1S/C19H16N4O4/c1-25-15-5-2-12(3-6-15)18-14(9-20-22-18)10-21-23-19(24)13-4-7-16-17(8-13)27-11-26-16/h2-10H,11H2,1H3,(H,20,22)(H,23,24)/b21-10+. The highest BCUT2D eigenvalue weighted by molar-refractivity contribution is 5.96. The van der Waals surface area contributed by atoms with Crippen molar-refractivity contribution < 1.29 is 19.0 Å². The number of methoxy groups -OCH3 is 1. The molecule has 0 atom stereocenters. The average Bonchev–Trinajstić information content (AvgIpc) is 3.36. The first kappa shape index (κ1) is 16.6. The van der Waals surface area contributed by atoms with Gasteiger partial charge in [-0.25, -0.2) is 5.43 Å². The molecule has 0 radical (unpaired) electrons. The first-order valence-corrected chi connectivity index (χ1v) is 8.15. The van der Waals surface area contributed by atoms with Gasteiger partial charge in [-0.3, -0.25) is 9.89 Å². The van der Waals surface area contributed by atoms with Crippen molar-refractivity contribution in [2.24, 2.45) is 5.10 Å². The third kappa shape index (κ3) is 3.45. The minimum atomic E-state index is -0.348. The Labute approximate surface area is 154 Å². The number of carbonyl (C=O) groups excluding carboxylic acids is 1. The van der Waals surface area contributed by atoms with Crippen LogP contribution in [0.1, 0.15) is 15.9 Å². The van der Waals surface area contributed by atoms with E-state index in [1.807, 2.05) is 24.3 Å². The molecule has 27 heavy (non-hydrogen) atoms. The number of carbonyl (C=O) groups is 1. The van der Waals surface area contributed by atoms with Gasteiger partial charge in [0, 0.05) is 16.7 Å². The number of amides is 1. The molecule has 136 valence electrons. The fourth-order valence-corrected chi connectivity index (χ4v) is 2.65. The van der Waals surface area contributed by atoms with E-state index >= 15 is 0 Å². The van der Waals surface area contributed by atoms with E-state index in [-0.39, 0.29) is 12.7 Å². The van der Waals surface area contributed by atoms with Crippen LogP contribution in [0.15, 0.2) is 53.8 Å². The van der Waals surface area contributed by atoms with Crippen molar-refractivity contribution in [2.45, 2.75) is 0 Å². The van der Waals surface area contributed by atoms with Crippen molar-refractivity contribution in [1.82, 2.24) is 15.6 Å². The maximum Gasteiger partial charge on any atom is 0.271 e. The van der Waals surface area contributed by atoms with E-state index in [1.165, 1.54) is 6.21 Å². The normalized spacial score (nSPS) is 12.3. The lowest BCUT2D eigenvalue weighted by molar-refractivity contribution is 0.0954. The Bertz CT molecular complexity index is 995. The zero-order valence-corrected chi connectivity index (χ0v) is 14.4. The molecule has 1 aliphatic rings. The summed E-state index contributed by atoms with van der Waals surface area (Å²) in [6.07, 6.45) is 3.17. The van der Waals surface area contributed by atoms with Gasteiger partial charge in [0.1, 0.15) is 5.75 Å². The summed E-state index contributed by atoms with van der Waals surface area (Å²) in [5.41, 5.74) is 5.39. The molecule has 1 amide bonds. The Balaban J connectivity index is 1.46. The van der Waals surface area contributed by atoms with Crippen LogP contribution in [0.25, 0.3) is 11.3 Å². The minimum Gasteiger partial charge on any atom is -0.497 e. The molecule has 0 aliphatic carbocycles. The number of aromatic nitrogens is 2. The summed E-state index contributed by atoms with van der Waals surface area (Å²) in [7, 11) is 1.62. The van der Waals surface area contributed by atoms with Crippen LogP contribution in [0.5, 0.6) is 17.2 Å². The topological polar surface area (TPSA) is 97.8 Å². The van der Waals surface area contributed by atoms with Crippen LogP contribution in [-0.4, -0.2) is 36.2 Å². The highest BCUT2D eigenvalue weighted by atomic mass is 16.7. The lowest BCUT2D eigenvalue weighted by atomic mass is 10.1. The lowest BCUT2D eigenvalue weighted by Crippen LogP contribution is -2.17. The van der Waals surface area contributed by atoms with E-state index in [9.17, 15) is 4.79 Å². The second-order valence-corrected chi connectivity index (χ2v) is 5.70. The Morgan fingerprint density at radius 2 is 2.04 bits per heavy atom. The fourth-order valence-electron chi connectivity index (χ4n) is 2.65. The number of ether oxygens (including phenoxy) is 3. The molecule has 8 nitrogen and oxygen atoms in total. The molecule has 2 N–H and O–H groups in total. The van der Waals surface area contributed by atoms with Crippen molar-refractivity contribution in [1.29, 1.82) is 0 Å². The van der Waals surface area contributed by atoms with E-state index < -0.39 is 0 Å². The second kappa shape index (κ2) is 7.20. The monoisotopic (exact) mass is 364 g/mol. The molecule has 0 saturated carbocycles. The molecule has 0 unspecified atom stereocenters. The molecule has 0 spiro atoms. The van der Waals surface area contributed by atoms with Gasteiger partial charge < -0.3 is 14.2 Å². The third-order valence-electron chi connectivity index (χ3n) is 4.05. The summed E-state index contributed by atoms with van der Waals surface area (Å²) < 4.78 is 15.7.